The Labute approximate surface area is 104 Å². The zero-order valence-corrected chi connectivity index (χ0v) is 10.1. The van der Waals surface area contributed by atoms with Crippen LogP contribution < -0.4 is 10.6 Å². The molecule has 0 aliphatic carbocycles. The number of hydrogen-bond acceptors (Lipinski definition) is 6. The second kappa shape index (κ2) is 4.67. The highest BCUT2D eigenvalue weighted by Gasteiger charge is 2.17. The second-order valence-electron chi connectivity index (χ2n) is 4.51. The van der Waals surface area contributed by atoms with Gasteiger partial charge >= 0.3 is 0 Å². The topological polar surface area (TPSA) is 96.9 Å². The molecule has 0 aromatic carbocycles. The van der Waals surface area contributed by atoms with Crippen LogP contribution in [-0.2, 0) is 0 Å². The molecule has 1 aliphatic rings. The highest BCUT2D eigenvalue weighted by molar-refractivity contribution is 5.53. The van der Waals surface area contributed by atoms with Crippen molar-refractivity contribution < 1.29 is 4.52 Å². The Morgan fingerprint density at radius 2 is 2.00 bits per heavy atom. The smallest absolute Gasteiger partial charge is 0.277 e. The molecule has 7 nitrogen and oxygen atoms in total. The summed E-state index contributed by atoms with van der Waals surface area (Å²) in [7, 11) is 0. The van der Waals surface area contributed by atoms with Crippen LogP contribution in [0.15, 0.2) is 10.6 Å². The van der Waals surface area contributed by atoms with E-state index in [2.05, 4.69) is 25.2 Å². The summed E-state index contributed by atoms with van der Waals surface area (Å²) < 4.78 is 5.23. The van der Waals surface area contributed by atoms with Gasteiger partial charge in [0.1, 0.15) is 11.5 Å². The van der Waals surface area contributed by atoms with E-state index < -0.39 is 0 Å². The van der Waals surface area contributed by atoms with Crippen LogP contribution in [0.4, 0.5) is 11.8 Å². The van der Waals surface area contributed by atoms with Crippen molar-refractivity contribution in [2.24, 2.45) is 0 Å². The number of hydrogen-bond donors (Lipinski definition) is 2. The number of H-pyrrole nitrogens is 1. The van der Waals surface area contributed by atoms with Gasteiger partial charge in [-0.3, -0.25) is 5.10 Å². The van der Waals surface area contributed by atoms with Crippen LogP contribution in [0, 0.1) is 0 Å². The number of nitrogens with zero attached hydrogens (tertiary/aromatic N) is 4. The molecule has 0 bridgehead atoms. The fourth-order valence-corrected chi connectivity index (χ4v) is 2.17. The van der Waals surface area contributed by atoms with E-state index in [0.29, 0.717) is 23.4 Å². The molecule has 0 radical (unpaired) electrons. The summed E-state index contributed by atoms with van der Waals surface area (Å²) in [5, 5.41) is 10.6. The van der Waals surface area contributed by atoms with E-state index in [1.165, 1.54) is 25.7 Å². The summed E-state index contributed by atoms with van der Waals surface area (Å²) in [6.07, 6.45) is 4.92. The first-order valence-electron chi connectivity index (χ1n) is 6.23. The number of nitrogens with two attached hydrogens (primary N) is 1. The monoisotopic (exact) mass is 248 g/mol. The highest BCUT2D eigenvalue weighted by atomic mass is 16.5. The quantitative estimate of drug-likeness (QED) is 0.834. The summed E-state index contributed by atoms with van der Waals surface area (Å²) in [4.78, 5) is 6.55. The zero-order valence-electron chi connectivity index (χ0n) is 10.1. The Bertz CT molecular complexity index is 511. The normalized spacial score (nSPS) is 16.8. The summed E-state index contributed by atoms with van der Waals surface area (Å²) in [6, 6.07) is 1.68. The van der Waals surface area contributed by atoms with Crippen molar-refractivity contribution in [2.45, 2.75) is 25.7 Å². The Kier molecular flexibility index (Phi) is 2.87. The van der Waals surface area contributed by atoms with E-state index >= 15 is 0 Å². The number of aromatic nitrogens is 4. The molecule has 3 N–H and O–H groups in total. The summed E-state index contributed by atoms with van der Waals surface area (Å²) in [5.74, 6) is 1.50. The maximum Gasteiger partial charge on any atom is 0.277 e. The Hall–Kier alpha value is -2.05. The molecule has 18 heavy (non-hydrogen) atoms. The summed E-state index contributed by atoms with van der Waals surface area (Å²) in [5.41, 5.74) is 6.20. The van der Waals surface area contributed by atoms with Crippen molar-refractivity contribution in [3.8, 4) is 11.6 Å². The fraction of sp³-hybridized carbons (Fsp3) is 0.545. The minimum Gasteiger partial charge on any atom is -0.382 e. The number of anilines is 2. The molecule has 3 rings (SSSR count). The van der Waals surface area contributed by atoms with Crippen LogP contribution in [0.1, 0.15) is 25.7 Å². The van der Waals surface area contributed by atoms with Gasteiger partial charge in [-0.15, -0.1) is 0 Å². The van der Waals surface area contributed by atoms with Gasteiger partial charge in [0.05, 0.1) is 0 Å². The predicted molar refractivity (Wildman–Crippen MR) is 67.0 cm³/mol. The van der Waals surface area contributed by atoms with E-state index in [0.717, 1.165) is 13.1 Å². The molecule has 1 fully saturated rings. The average Bonchev–Trinajstić information content (AvgIpc) is 2.92. The van der Waals surface area contributed by atoms with Crippen LogP contribution >= 0.6 is 0 Å². The van der Waals surface area contributed by atoms with Crippen LogP contribution in [0.5, 0.6) is 0 Å². The maximum atomic E-state index is 5.54. The van der Waals surface area contributed by atoms with Crippen LogP contribution in [0.3, 0.4) is 0 Å². The van der Waals surface area contributed by atoms with Gasteiger partial charge in [0, 0.05) is 19.2 Å². The second-order valence-corrected chi connectivity index (χ2v) is 4.51. The molecule has 0 spiro atoms. The molecule has 96 valence electrons. The van der Waals surface area contributed by atoms with Gasteiger partial charge in [0.15, 0.2) is 0 Å². The third kappa shape index (κ3) is 2.15. The van der Waals surface area contributed by atoms with Gasteiger partial charge in [-0.1, -0.05) is 12.8 Å². The van der Waals surface area contributed by atoms with Crippen molar-refractivity contribution in [3.63, 3.8) is 0 Å². The Balaban J connectivity index is 1.80. The molecule has 2 aromatic rings. The first-order chi connectivity index (χ1) is 8.83. The molecule has 0 atom stereocenters. The van der Waals surface area contributed by atoms with E-state index in [-0.39, 0.29) is 0 Å². The lowest BCUT2D eigenvalue weighted by molar-refractivity contribution is 0.428. The average molecular weight is 248 g/mol. The lowest BCUT2D eigenvalue weighted by Crippen LogP contribution is -2.24. The summed E-state index contributed by atoms with van der Waals surface area (Å²) >= 11 is 0. The first-order valence-corrected chi connectivity index (χ1v) is 6.23. The third-order valence-corrected chi connectivity index (χ3v) is 3.13. The number of aromatic amines is 1. The molecule has 0 amide bonds. The first kappa shape index (κ1) is 11.1. The Morgan fingerprint density at radius 1 is 1.22 bits per heavy atom. The number of nitrogens with one attached hydrogen (secondary N) is 1. The number of rotatable bonds is 2. The largest absolute Gasteiger partial charge is 0.382 e. The fourth-order valence-electron chi connectivity index (χ4n) is 2.17. The van der Waals surface area contributed by atoms with E-state index in [4.69, 9.17) is 10.3 Å². The van der Waals surface area contributed by atoms with Crippen LogP contribution in [0.2, 0.25) is 0 Å². The highest BCUT2D eigenvalue weighted by Crippen LogP contribution is 2.21. The van der Waals surface area contributed by atoms with E-state index in [9.17, 15) is 0 Å². The van der Waals surface area contributed by atoms with Gasteiger partial charge in [-0.25, -0.2) is 0 Å². The molecule has 0 unspecified atom stereocenters. The molecule has 3 heterocycles. The molecular weight excluding hydrogens is 232 g/mol. The minimum absolute atomic E-state index is 0.416. The van der Waals surface area contributed by atoms with Crippen molar-refractivity contribution in [1.82, 2.24) is 20.3 Å². The van der Waals surface area contributed by atoms with Crippen LogP contribution in [-0.4, -0.2) is 33.4 Å². The third-order valence-electron chi connectivity index (χ3n) is 3.13. The minimum atomic E-state index is 0.416. The molecule has 7 heteroatoms. The SMILES string of the molecule is Nc1cc(-c2nc(N3CCCCCC3)no2)[nH]n1. The van der Waals surface area contributed by atoms with Crippen LogP contribution in [0.25, 0.3) is 11.6 Å². The van der Waals surface area contributed by atoms with Gasteiger partial charge in [0.25, 0.3) is 11.8 Å². The number of nitrogen functional groups attached to an aromatic ring is 1. The molecule has 1 saturated heterocycles. The van der Waals surface area contributed by atoms with Gasteiger partial charge in [-0.05, 0) is 18.0 Å². The lowest BCUT2D eigenvalue weighted by Gasteiger charge is -2.16. The van der Waals surface area contributed by atoms with Gasteiger partial charge in [0.2, 0.25) is 0 Å². The van der Waals surface area contributed by atoms with Gasteiger partial charge in [-0.2, -0.15) is 10.1 Å². The van der Waals surface area contributed by atoms with Crippen molar-refractivity contribution in [3.05, 3.63) is 6.07 Å². The van der Waals surface area contributed by atoms with Crippen molar-refractivity contribution in [2.75, 3.05) is 23.7 Å². The van der Waals surface area contributed by atoms with E-state index in [1.54, 1.807) is 6.07 Å². The molecule has 1 aliphatic heterocycles. The maximum absolute atomic E-state index is 5.54. The zero-order chi connectivity index (χ0) is 12.4. The Morgan fingerprint density at radius 3 is 2.67 bits per heavy atom. The van der Waals surface area contributed by atoms with Crippen molar-refractivity contribution in [1.29, 1.82) is 0 Å². The molecule has 0 saturated carbocycles. The standard InChI is InChI=1S/C11H16N6O/c12-9-7-8(14-15-9)10-13-11(16-18-10)17-5-3-1-2-4-6-17/h7H,1-6H2,(H3,12,14,15). The molecule has 2 aromatic heterocycles. The van der Waals surface area contributed by atoms with Gasteiger partial charge < -0.3 is 15.2 Å². The lowest BCUT2D eigenvalue weighted by atomic mass is 10.2. The summed E-state index contributed by atoms with van der Waals surface area (Å²) in [6.45, 7) is 1.98. The van der Waals surface area contributed by atoms with Crippen molar-refractivity contribution >= 4 is 11.8 Å². The molecular formula is C11H16N6O. The predicted octanol–water partition coefficient (Wildman–Crippen LogP) is 1.42. The van der Waals surface area contributed by atoms with E-state index in [1.807, 2.05) is 0 Å².